The molecule has 0 spiro atoms. The molecule has 0 atom stereocenters. The fourth-order valence-corrected chi connectivity index (χ4v) is 5.42. The van der Waals surface area contributed by atoms with Gasteiger partial charge in [-0.1, -0.05) is 13.3 Å². The Morgan fingerprint density at radius 1 is 1.43 bits per heavy atom. The molecule has 3 rings (SSSR count). The van der Waals surface area contributed by atoms with E-state index in [9.17, 15) is 5.11 Å². The lowest BCUT2D eigenvalue weighted by molar-refractivity contribution is 0.126. The van der Waals surface area contributed by atoms with Crippen LogP contribution in [-0.2, 0) is 6.42 Å². The SMILES string of the molecule is CCCc1cc2c(NC3CCC(O)CC3)c(Br)cnc2n1SI. The number of pyridine rings is 1. The topological polar surface area (TPSA) is 50.1 Å². The van der Waals surface area contributed by atoms with Gasteiger partial charge in [0.2, 0.25) is 0 Å². The predicted octanol–water partition coefficient (Wildman–Crippen LogP) is 5.31. The van der Waals surface area contributed by atoms with E-state index in [-0.39, 0.29) is 6.10 Å². The minimum Gasteiger partial charge on any atom is -0.393 e. The van der Waals surface area contributed by atoms with Crippen LogP contribution in [0.3, 0.4) is 0 Å². The number of fused-ring (bicyclic) bond motifs is 1. The highest BCUT2D eigenvalue weighted by Crippen LogP contribution is 2.37. The second-order valence-electron chi connectivity index (χ2n) is 6.12. The molecule has 7 heteroatoms. The second kappa shape index (κ2) is 7.93. The Morgan fingerprint density at radius 3 is 2.83 bits per heavy atom. The number of aryl methyl sites for hydroxylation is 1. The number of hydrogen-bond donors (Lipinski definition) is 2. The number of aliphatic hydroxyl groups is 1. The van der Waals surface area contributed by atoms with Crippen LogP contribution in [0.1, 0.15) is 44.7 Å². The summed E-state index contributed by atoms with van der Waals surface area (Å²) in [6.45, 7) is 2.20. The van der Waals surface area contributed by atoms with Crippen LogP contribution in [-0.4, -0.2) is 26.2 Å². The van der Waals surface area contributed by atoms with Crippen LogP contribution in [0.4, 0.5) is 5.69 Å². The summed E-state index contributed by atoms with van der Waals surface area (Å²) in [4.78, 5) is 4.63. The molecule has 0 amide bonds. The summed E-state index contributed by atoms with van der Waals surface area (Å²) in [5, 5.41) is 14.6. The van der Waals surface area contributed by atoms with Gasteiger partial charge in [0.25, 0.3) is 0 Å². The summed E-state index contributed by atoms with van der Waals surface area (Å²) < 4.78 is 3.23. The first kappa shape index (κ1) is 17.8. The molecule has 4 nitrogen and oxygen atoms in total. The molecule has 0 radical (unpaired) electrons. The number of nitrogens with zero attached hydrogens (tertiary/aromatic N) is 2. The fraction of sp³-hybridized carbons (Fsp3) is 0.562. The van der Waals surface area contributed by atoms with Crippen LogP contribution in [0.5, 0.6) is 0 Å². The summed E-state index contributed by atoms with van der Waals surface area (Å²) in [7, 11) is 1.68. The number of anilines is 1. The van der Waals surface area contributed by atoms with Crippen molar-refractivity contribution in [3.8, 4) is 0 Å². The van der Waals surface area contributed by atoms with E-state index in [2.05, 4.69) is 64.4 Å². The number of aliphatic hydroxyl groups excluding tert-OH is 1. The maximum absolute atomic E-state index is 9.70. The van der Waals surface area contributed by atoms with Crippen LogP contribution in [0.15, 0.2) is 16.7 Å². The molecule has 1 saturated carbocycles. The standard InChI is InChI=1S/C16H21BrIN3OS/c1-2-3-11-8-13-15(20-10-4-6-12(22)7-5-10)14(17)9-19-16(13)21(11)23-18/h8-10,12,22H,2-7H2,1H3,(H,19,20). The zero-order valence-electron chi connectivity index (χ0n) is 13.1. The van der Waals surface area contributed by atoms with E-state index in [1.54, 1.807) is 9.12 Å². The summed E-state index contributed by atoms with van der Waals surface area (Å²) in [6, 6.07) is 2.69. The first-order valence-electron chi connectivity index (χ1n) is 8.06. The van der Waals surface area contributed by atoms with Crippen molar-refractivity contribution in [2.24, 2.45) is 0 Å². The van der Waals surface area contributed by atoms with Crippen LogP contribution < -0.4 is 5.32 Å². The normalized spacial score (nSPS) is 21.7. The van der Waals surface area contributed by atoms with E-state index < -0.39 is 0 Å². The lowest BCUT2D eigenvalue weighted by atomic mass is 9.93. The first-order valence-corrected chi connectivity index (χ1v) is 12.2. The molecule has 0 aromatic carbocycles. The fourth-order valence-electron chi connectivity index (χ4n) is 3.23. The van der Waals surface area contributed by atoms with Gasteiger partial charge in [0, 0.05) is 53.6 Å². The molecule has 2 aromatic heterocycles. The molecule has 1 aliphatic rings. The summed E-state index contributed by atoms with van der Waals surface area (Å²) in [5.74, 6) is 0. The van der Waals surface area contributed by atoms with Gasteiger partial charge in [0.15, 0.2) is 5.65 Å². The molecular formula is C16H21BrIN3OS. The van der Waals surface area contributed by atoms with Crippen molar-refractivity contribution in [3.63, 3.8) is 0 Å². The van der Waals surface area contributed by atoms with Crippen molar-refractivity contribution in [2.75, 3.05) is 5.32 Å². The van der Waals surface area contributed by atoms with Crippen molar-refractivity contribution in [2.45, 2.75) is 57.6 Å². The maximum Gasteiger partial charge on any atom is 0.152 e. The molecule has 23 heavy (non-hydrogen) atoms. The third-order valence-electron chi connectivity index (χ3n) is 4.43. The Hall–Kier alpha value is 0.01000. The monoisotopic (exact) mass is 509 g/mol. The minimum absolute atomic E-state index is 0.124. The lowest BCUT2D eigenvalue weighted by Gasteiger charge is -2.27. The number of nitrogens with one attached hydrogen (secondary N) is 1. The van der Waals surface area contributed by atoms with Gasteiger partial charge in [-0.25, -0.2) is 4.98 Å². The number of rotatable bonds is 5. The third kappa shape index (κ3) is 3.82. The number of hydrogen-bond acceptors (Lipinski definition) is 4. The van der Waals surface area contributed by atoms with Gasteiger partial charge >= 0.3 is 0 Å². The highest BCUT2D eigenvalue weighted by atomic mass is 127. The van der Waals surface area contributed by atoms with Crippen molar-refractivity contribution in [1.82, 2.24) is 8.96 Å². The first-order chi connectivity index (χ1) is 11.1. The van der Waals surface area contributed by atoms with E-state index in [4.69, 9.17) is 0 Å². The Kier molecular flexibility index (Phi) is 6.14. The Bertz CT molecular complexity index is 686. The Labute approximate surface area is 161 Å². The highest BCUT2D eigenvalue weighted by Gasteiger charge is 2.22. The van der Waals surface area contributed by atoms with Crippen molar-refractivity contribution in [3.05, 3.63) is 22.4 Å². The molecule has 2 aromatic rings. The molecule has 2 N–H and O–H groups in total. The molecule has 0 aliphatic heterocycles. The third-order valence-corrected chi connectivity index (χ3v) is 6.76. The van der Waals surface area contributed by atoms with E-state index in [0.29, 0.717) is 6.04 Å². The van der Waals surface area contributed by atoms with E-state index >= 15 is 0 Å². The number of halogens is 2. The van der Waals surface area contributed by atoms with E-state index in [1.807, 2.05) is 6.20 Å². The van der Waals surface area contributed by atoms with Gasteiger partial charge in [0.05, 0.1) is 16.3 Å². The van der Waals surface area contributed by atoms with Gasteiger partial charge in [-0.2, -0.15) is 0 Å². The molecule has 126 valence electrons. The van der Waals surface area contributed by atoms with E-state index in [1.165, 1.54) is 11.1 Å². The van der Waals surface area contributed by atoms with Gasteiger partial charge in [0.1, 0.15) is 0 Å². The van der Waals surface area contributed by atoms with Crippen molar-refractivity contribution >= 4 is 63.0 Å². The molecule has 0 unspecified atom stereocenters. The summed E-state index contributed by atoms with van der Waals surface area (Å²) >= 11 is 5.98. The Morgan fingerprint density at radius 2 is 2.17 bits per heavy atom. The summed E-state index contributed by atoms with van der Waals surface area (Å²) in [5.41, 5.74) is 3.47. The Balaban J connectivity index is 1.96. The van der Waals surface area contributed by atoms with Crippen LogP contribution in [0.25, 0.3) is 11.0 Å². The molecule has 1 aliphatic carbocycles. The van der Waals surface area contributed by atoms with Crippen molar-refractivity contribution < 1.29 is 5.11 Å². The molecule has 2 heterocycles. The molecule has 0 bridgehead atoms. The smallest absolute Gasteiger partial charge is 0.152 e. The average molecular weight is 510 g/mol. The maximum atomic E-state index is 9.70. The van der Waals surface area contributed by atoms with Gasteiger partial charge < -0.3 is 10.4 Å². The van der Waals surface area contributed by atoms with Gasteiger partial charge in [-0.15, -0.1) is 0 Å². The quantitative estimate of drug-likeness (QED) is 0.536. The zero-order valence-corrected chi connectivity index (χ0v) is 17.6. The van der Waals surface area contributed by atoms with Gasteiger partial charge in [-0.05, 0) is 54.1 Å². The van der Waals surface area contributed by atoms with E-state index in [0.717, 1.165) is 54.3 Å². The summed E-state index contributed by atoms with van der Waals surface area (Å²) in [6.07, 6.45) is 7.74. The zero-order chi connectivity index (χ0) is 16.4. The molecular weight excluding hydrogens is 489 g/mol. The van der Waals surface area contributed by atoms with Crippen LogP contribution >= 0.6 is 46.3 Å². The predicted molar refractivity (Wildman–Crippen MR) is 110 cm³/mol. The molecule has 0 saturated heterocycles. The largest absolute Gasteiger partial charge is 0.393 e. The molecule has 1 fully saturated rings. The second-order valence-corrected chi connectivity index (χ2v) is 8.66. The minimum atomic E-state index is -0.124. The van der Waals surface area contributed by atoms with Gasteiger partial charge in [-0.3, -0.25) is 3.97 Å². The number of aromatic nitrogens is 2. The van der Waals surface area contributed by atoms with Crippen LogP contribution in [0, 0.1) is 0 Å². The van der Waals surface area contributed by atoms with Crippen LogP contribution in [0.2, 0.25) is 0 Å². The van der Waals surface area contributed by atoms with Crippen molar-refractivity contribution in [1.29, 1.82) is 0 Å². The lowest BCUT2D eigenvalue weighted by Crippen LogP contribution is -2.28. The average Bonchev–Trinajstić information content (AvgIpc) is 2.90. The highest BCUT2D eigenvalue weighted by molar-refractivity contribution is 14.2.